The molecular formula is C64H48Si. The molecule has 0 N–H and O–H groups in total. The number of rotatable bonds is 12. The molecule has 0 saturated heterocycles. The molecule has 65 heavy (non-hydrogen) atoms. The van der Waals surface area contributed by atoms with Crippen LogP contribution in [0.25, 0.3) is 22.3 Å². The summed E-state index contributed by atoms with van der Waals surface area (Å²) in [5.41, 5.74) is 14.3. The average Bonchev–Trinajstić information content (AvgIpc) is 3.40. The molecule has 0 heterocycles. The largest absolute Gasteiger partial charge is 0.179 e. The SMILES string of the molecule is c1ccc(C(=C(c2ccccc2)c2ccc([Si](c3ccccc3)(c3ccccc3)c3ccc(C(=C(c4ccccc4)c4ccccc4)c4ccccc4)cc3)cc2)c2ccccc2)cc1. The Morgan fingerprint density at radius 1 is 0.154 bits per heavy atom. The van der Waals surface area contributed by atoms with Gasteiger partial charge in [-0.1, -0.05) is 291 Å². The van der Waals surface area contributed by atoms with E-state index in [-0.39, 0.29) is 0 Å². The van der Waals surface area contributed by atoms with E-state index >= 15 is 0 Å². The van der Waals surface area contributed by atoms with E-state index in [1.54, 1.807) is 0 Å². The molecule has 10 rings (SSSR count). The van der Waals surface area contributed by atoms with E-state index in [9.17, 15) is 0 Å². The Morgan fingerprint density at radius 2 is 0.308 bits per heavy atom. The van der Waals surface area contributed by atoms with Crippen molar-refractivity contribution >= 4 is 51.1 Å². The van der Waals surface area contributed by atoms with Gasteiger partial charge in [-0.25, -0.2) is 0 Å². The Bertz CT molecular complexity index is 2840. The van der Waals surface area contributed by atoms with Gasteiger partial charge in [0.25, 0.3) is 0 Å². The van der Waals surface area contributed by atoms with Gasteiger partial charge in [0.05, 0.1) is 0 Å². The summed E-state index contributed by atoms with van der Waals surface area (Å²) in [6.07, 6.45) is 0. The van der Waals surface area contributed by atoms with E-state index in [1.807, 2.05) is 0 Å². The standard InChI is InChI=1S/C64H48Si/c1-9-25-49(26-10-1)61(50-27-11-2-12-28-50)63(53-33-17-5-18-34-53)55-41-45-59(46-42-55)65(57-37-21-7-22-38-57,58-39-23-8-24-40-58)60-47-43-56(44-48-60)64(54-35-19-6-20-36-54)62(51-29-13-3-14-30-51)52-31-15-4-16-32-52/h1-48H. The molecule has 0 aliphatic carbocycles. The Labute approximate surface area is 384 Å². The van der Waals surface area contributed by atoms with Crippen molar-refractivity contribution in [1.29, 1.82) is 0 Å². The summed E-state index contributed by atoms with van der Waals surface area (Å²) in [6, 6.07) is 107. The molecule has 0 bridgehead atoms. The van der Waals surface area contributed by atoms with Crippen LogP contribution in [0.3, 0.4) is 0 Å². The molecule has 0 fully saturated rings. The minimum Gasteiger partial charge on any atom is -0.0623 e. The first-order chi connectivity index (χ1) is 32.3. The van der Waals surface area contributed by atoms with Gasteiger partial charge in [0.1, 0.15) is 0 Å². The third-order valence-corrected chi connectivity index (χ3v) is 17.3. The van der Waals surface area contributed by atoms with Gasteiger partial charge in [0, 0.05) is 0 Å². The van der Waals surface area contributed by atoms with Crippen molar-refractivity contribution in [2.24, 2.45) is 0 Å². The second-order valence-corrected chi connectivity index (χ2v) is 20.1. The van der Waals surface area contributed by atoms with Gasteiger partial charge in [-0.05, 0) is 87.5 Å². The molecule has 0 amide bonds. The van der Waals surface area contributed by atoms with Crippen molar-refractivity contribution < 1.29 is 0 Å². The lowest BCUT2D eigenvalue weighted by Gasteiger charge is -2.35. The lowest BCUT2D eigenvalue weighted by molar-refractivity contribution is 1.50. The summed E-state index contributed by atoms with van der Waals surface area (Å²) in [4.78, 5) is 0. The summed E-state index contributed by atoms with van der Waals surface area (Å²) >= 11 is 0. The first-order valence-electron chi connectivity index (χ1n) is 22.4. The van der Waals surface area contributed by atoms with Crippen LogP contribution < -0.4 is 20.7 Å². The maximum Gasteiger partial charge on any atom is 0.179 e. The third kappa shape index (κ3) is 8.30. The average molecular weight is 845 g/mol. The van der Waals surface area contributed by atoms with Crippen molar-refractivity contribution in [3.63, 3.8) is 0 Å². The molecule has 0 aliphatic rings. The zero-order valence-corrected chi connectivity index (χ0v) is 37.2. The van der Waals surface area contributed by atoms with Crippen molar-refractivity contribution in [3.8, 4) is 0 Å². The quantitative estimate of drug-likeness (QED) is 0.0653. The second kappa shape index (κ2) is 19.1. The van der Waals surface area contributed by atoms with Gasteiger partial charge in [0.15, 0.2) is 8.07 Å². The molecule has 0 saturated carbocycles. The van der Waals surface area contributed by atoms with Gasteiger partial charge in [0.2, 0.25) is 0 Å². The summed E-state index contributed by atoms with van der Waals surface area (Å²) < 4.78 is 0. The van der Waals surface area contributed by atoms with Crippen molar-refractivity contribution in [2.75, 3.05) is 0 Å². The normalized spacial score (nSPS) is 11.1. The highest BCUT2D eigenvalue weighted by Crippen LogP contribution is 2.38. The van der Waals surface area contributed by atoms with Crippen LogP contribution >= 0.6 is 0 Å². The van der Waals surface area contributed by atoms with Gasteiger partial charge in [-0.3, -0.25) is 0 Å². The lowest BCUT2D eigenvalue weighted by atomic mass is 9.86. The smallest absolute Gasteiger partial charge is 0.0623 e. The van der Waals surface area contributed by atoms with Gasteiger partial charge in [-0.2, -0.15) is 0 Å². The van der Waals surface area contributed by atoms with Crippen LogP contribution in [-0.2, 0) is 0 Å². The Kier molecular flexibility index (Phi) is 12.0. The van der Waals surface area contributed by atoms with Crippen LogP contribution in [0.5, 0.6) is 0 Å². The fourth-order valence-corrected chi connectivity index (χ4v) is 14.3. The van der Waals surface area contributed by atoms with Crippen LogP contribution in [0.4, 0.5) is 0 Å². The van der Waals surface area contributed by atoms with Crippen LogP contribution in [-0.4, -0.2) is 8.07 Å². The Hall–Kier alpha value is -8.10. The highest BCUT2D eigenvalue weighted by molar-refractivity contribution is 7.19. The molecule has 10 aromatic rings. The maximum atomic E-state index is 2.42. The molecule has 0 aliphatic heterocycles. The van der Waals surface area contributed by atoms with Gasteiger partial charge in [-0.15, -0.1) is 0 Å². The van der Waals surface area contributed by atoms with Gasteiger partial charge < -0.3 is 0 Å². The minimum absolute atomic E-state index is 1.18. The highest BCUT2D eigenvalue weighted by Gasteiger charge is 2.41. The molecule has 0 atom stereocenters. The second-order valence-electron chi connectivity index (χ2n) is 16.3. The topological polar surface area (TPSA) is 0 Å². The van der Waals surface area contributed by atoms with Crippen molar-refractivity contribution in [1.82, 2.24) is 0 Å². The molecule has 0 nitrogen and oxygen atoms in total. The van der Waals surface area contributed by atoms with Crippen LogP contribution in [0.15, 0.2) is 291 Å². The Balaban J connectivity index is 1.20. The predicted molar refractivity (Wildman–Crippen MR) is 279 cm³/mol. The van der Waals surface area contributed by atoms with Crippen LogP contribution in [0.2, 0.25) is 0 Å². The monoisotopic (exact) mass is 844 g/mol. The van der Waals surface area contributed by atoms with Crippen molar-refractivity contribution in [3.05, 3.63) is 336 Å². The summed E-state index contributed by atoms with van der Waals surface area (Å²) in [7, 11) is -2.92. The molecular weight excluding hydrogens is 797 g/mol. The molecule has 308 valence electrons. The molecule has 0 aromatic heterocycles. The minimum atomic E-state index is -2.92. The maximum absolute atomic E-state index is 2.92. The van der Waals surface area contributed by atoms with Crippen molar-refractivity contribution in [2.45, 2.75) is 0 Å². The van der Waals surface area contributed by atoms with E-state index in [2.05, 4.69) is 291 Å². The summed E-state index contributed by atoms with van der Waals surface area (Å²) in [5.74, 6) is 0. The van der Waals surface area contributed by atoms with E-state index in [0.29, 0.717) is 0 Å². The zero-order chi connectivity index (χ0) is 43.7. The molecule has 0 unspecified atom stereocenters. The lowest BCUT2D eigenvalue weighted by Crippen LogP contribution is -2.74. The predicted octanol–water partition coefficient (Wildman–Crippen LogP) is 13.1. The van der Waals surface area contributed by atoms with Gasteiger partial charge >= 0.3 is 0 Å². The van der Waals surface area contributed by atoms with E-state index in [0.717, 1.165) is 0 Å². The zero-order valence-electron chi connectivity index (χ0n) is 36.2. The summed E-state index contributed by atoms with van der Waals surface area (Å²) in [5, 5.41) is 5.33. The van der Waals surface area contributed by atoms with E-state index in [1.165, 1.54) is 87.5 Å². The fourth-order valence-electron chi connectivity index (χ4n) is 9.60. The number of hydrogen-bond acceptors (Lipinski definition) is 0. The first-order valence-corrected chi connectivity index (χ1v) is 24.4. The fraction of sp³-hybridized carbons (Fsp3) is 0. The highest BCUT2D eigenvalue weighted by atomic mass is 28.3. The molecule has 0 spiro atoms. The third-order valence-electron chi connectivity index (χ3n) is 12.5. The van der Waals surface area contributed by atoms with Crippen LogP contribution in [0.1, 0.15) is 44.5 Å². The van der Waals surface area contributed by atoms with Crippen LogP contribution in [0, 0.1) is 0 Å². The Morgan fingerprint density at radius 3 is 0.508 bits per heavy atom. The number of hydrogen-bond donors (Lipinski definition) is 0. The van der Waals surface area contributed by atoms with E-state index in [4.69, 9.17) is 0 Å². The van der Waals surface area contributed by atoms with E-state index < -0.39 is 8.07 Å². The number of benzene rings is 10. The molecule has 10 aromatic carbocycles. The summed E-state index contributed by atoms with van der Waals surface area (Å²) in [6.45, 7) is 0. The molecule has 1 heteroatoms. The molecule has 0 radical (unpaired) electrons. The first kappa shape index (κ1) is 40.9.